The van der Waals surface area contributed by atoms with Gasteiger partial charge in [-0.3, -0.25) is 5.10 Å². The second-order valence-corrected chi connectivity index (χ2v) is 6.48. The number of aromatic amines is 1. The summed E-state index contributed by atoms with van der Waals surface area (Å²) in [4.78, 5) is 8.84. The first-order chi connectivity index (χ1) is 12.3. The zero-order valence-corrected chi connectivity index (χ0v) is 13.7. The Morgan fingerprint density at radius 2 is 2.04 bits per heavy atom. The minimum Gasteiger partial charge on any atom is -0.368 e. The molecule has 0 aliphatic rings. The third-order valence-electron chi connectivity index (χ3n) is 3.79. The number of H-pyrrole nitrogens is 1. The highest BCUT2D eigenvalue weighted by atomic mass is 32.1. The van der Waals surface area contributed by atoms with Gasteiger partial charge in [0, 0.05) is 11.1 Å². The van der Waals surface area contributed by atoms with E-state index < -0.39 is 0 Å². The molecule has 3 heterocycles. The van der Waals surface area contributed by atoms with Gasteiger partial charge in [0.2, 0.25) is 17.0 Å². The molecular formula is C16H12N8S. The standard InChI is InChI=1S/C16H12N8S/c17-14-21-15(19-10-6-5-9-8-18-22-12(9)7-10)23-24(14)16-20-11-3-1-2-4-13(11)25-16/h1-8H,(H,18,22)(H3,17,19,21,23). The summed E-state index contributed by atoms with van der Waals surface area (Å²) >= 11 is 1.52. The van der Waals surface area contributed by atoms with Crippen molar-refractivity contribution >= 4 is 50.0 Å². The van der Waals surface area contributed by atoms with Gasteiger partial charge in [-0.1, -0.05) is 23.5 Å². The Morgan fingerprint density at radius 1 is 1.12 bits per heavy atom. The van der Waals surface area contributed by atoms with Gasteiger partial charge in [-0.15, -0.1) is 5.10 Å². The SMILES string of the molecule is Nc1nc(Nc2ccc3cn[nH]c3c2)nn1-c1nc2ccccc2s1. The highest BCUT2D eigenvalue weighted by Crippen LogP contribution is 2.26. The van der Waals surface area contributed by atoms with Crippen LogP contribution < -0.4 is 11.1 Å². The Morgan fingerprint density at radius 3 is 2.96 bits per heavy atom. The first-order valence-corrected chi connectivity index (χ1v) is 8.36. The van der Waals surface area contributed by atoms with Crippen LogP contribution >= 0.6 is 11.3 Å². The summed E-state index contributed by atoms with van der Waals surface area (Å²) in [5.41, 5.74) is 8.72. The first-order valence-electron chi connectivity index (χ1n) is 7.55. The summed E-state index contributed by atoms with van der Waals surface area (Å²) in [6.07, 6.45) is 1.78. The largest absolute Gasteiger partial charge is 0.368 e. The molecule has 0 aliphatic heterocycles. The molecule has 5 aromatic rings. The third kappa shape index (κ3) is 2.37. The van der Waals surface area contributed by atoms with E-state index in [1.807, 2.05) is 42.5 Å². The summed E-state index contributed by atoms with van der Waals surface area (Å²) in [6.45, 7) is 0. The number of nitrogens with two attached hydrogens (primary N) is 1. The molecule has 0 fully saturated rings. The Hall–Kier alpha value is -3.46. The minimum atomic E-state index is 0.282. The van der Waals surface area contributed by atoms with Crippen molar-refractivity contribution < 1.29 is 0 Å². The molecule has 0 bridgehead atoms. The van der Waals surface area contributed by atoms with Gasteiger partial charge in [0.1, 0.15) is 0 Å². The molecule has 0 radical (unpaired) electrons. The Bertz CT molecular complexity index is 1170. The molecule has 2 aromatic carbocycles. The summed E-state index contributed by atoms with van der Waals surface area (Å²) in [7, 11) is 0. The van der Waals surface area contributed by atoms with Crippen LogP contribution in [0.15, 0.2) is 48.7 Å². The van der Waals surface area contributed by atoms with Crippen molar-refractivity contribution in [1.29, 1.82) is 0 Å². The van der Waals surface area contributed by atoms with Gasteiger partial charge in [0.15, 0.2) is 0 Å². The van der Waals surface area contributed by atoms with Crippen LogP contribution in [0.25, 0.3) is 26.3 Å². The molecule has 0 amide bonds. The number of aromatic nitrogens is 6. The van der Waals surface area contributed by atoms with Crippen molar-refractivity contribution in [3.05, 3.63) is 48.7 Å². The predicted molar refractivity (Wildman–Crippen MR) is 98.3 cm³/mol. The maximum absolute atomic E-state index is 6.02. The molecule has 122 valence electrons. The number of anilines is 3. The van der Waals surface area contributed by atoms with E-state index in [0.29, 0.717) is 11.1 Å². The summed E-state index contributed by atoms with van der Waals surface area (Å²) in [6, 6.07) is 13.8. The highest BCUT2D eigenvalue weighted by molar-refractivity contribution is 7.20. The van der Waals surface area contributed by atoms with Gasteiger partial charge in [-0.05, 0) is 30.3 Å². The van der Waals surface area contributed by atoms with Crippen molar-refractivity contribution in [3.8, 4) is 5.13 Å². The molecular weight excluding hydrogens is 336 g/mol. The Labute approximate surface area is 145 Å². The number of hydrogen-bond donors (Lipinski definition) is 3. The number of thiazole rings is 1. The van der Waals surface area contributed by atoms with Crippen molar-refractivity contribution in [1.82, 2.24) is 29.9 Å². The number of rotatable bonds is 3. The van der Waals surface area contributed by atoms with Crippen LogP contribution in [0, 0.1) is 0 Å². The average molecular weight is 348 g/mol. The van der Waals surface area contributed by atoms with Gasteiger partial charge in [0.25, 0.3) is 0 Å². The van der Waals surface area contributed by atoms with E-state index in [4.69, 9.17) is 5.73 Å². The fourth-order valence-corrected chi connectivity index (χ4v) is 3.54. The van der Waals surface area contributed by atoms with Gasteiger partial charge >= 0.3 is 0 Å². The van der Waals surface area contributed by atoms with Crippen molar-refractivity contribution in [2.45, 2.75) is 0 Å². The molecule has 3 aromatic heterocycles. The predicted octanol–water partition coefficient (Wildman–Crippen LogP) is 3.08. The van der Waals surface area contributed by atoms with Crippen LogP contribution in [-0.4, -0.2) is 29.9 Å². The first kappa shape index (κ1) is 13.9. The second-order valence-electron chi connectivity index (χ2n) is 5.47. The lowest BCUT2D eigenvalue weighted by atomic mass is 10.2. The number of fused-ring (bicyclic) bond motifs is 2. The molecule has 0 unspecified atom stereocenters. The van der Waals surface area contributed by atoms with E-state index in [2.05, 4.69) is 30.6 Å². The summed E-state index contributed by atoms with van der Waals surface area (Å²) in [5.74, 6) is 0.694. The lowest BCUT2D eigenvalue weighted by molar-refractivity contribution is 0.886. The molecule has 9 heteroatoms. The van der Waals surface area contributed by atoms with Gasteiger partial charge in [0.05, 0.1) is 21.9 Å². The van der Waals surface area contributed by atoms with Gasteiger partial charge < -0.3 is 11.1 Å². The molecule has 4 N–H and O–H groups in total. The monoisotopic (exact) mass is 348 g/mol. The normalized spacial score (nSPS) is 11.4. The van der Waals surface area contributed by atoms with Crippen LogP contribution in [-0.2, 0) is 0 Å². The van der Waals surface area contributed by atoms with Crippen molar-refractivity contribution in [2.24, 2.45) is 0 Å². The van der Waals surface area contributed by atoms with Gasteiger partial charge in [-0.2, -0.15) is 14.8 Å². The maximum atomic E-state index is 6.02. The van der Waals surface area contributed by atoms with Crippen LogP contribution in [0.4, 0.5) is 17.6 Å². The van der Waals surface area contributed by atoms with Crippen LogP contribution in [0.1, 0.15) is 0 Å². The van der Waals surface area contributed by atoms with Crippen LogP contribution in [0.5, 0.6) is 0 Å². The number of nitrogens with zero attached hydrogens (tertiary/aromatic N) is 5. The van der Waals surface area contributed by atoms with Crippen molar-refractivity contribution in [3.63, 3.8) is 0 Å². The third-order valence-corrected chi connectivity index (χ3v) is 4.81. The van der Waals surface area contributed by atoms with E-state index in [0.717, 1.165) is 26.8 Å². The van der Waals surface area contributed by atoms with E-state index in [9.17, 15) is 0 Å². The van der Waals surface area contributed by atoms with Gasteiger partial charge in [-0.25, -0.2) is 4.98 Å². The van der Waals surface area contributed by atoms with E-state index in [1.54, 1.807) is 10.9 Å². The fourth-order valence-electron chi connectivity index (χ4n) is 2.61. The molecule has 5 rings (SSSR count). The zero-order valence-electron chi connectivity index (χ0n) is 12.8. The van der Waals surface area contributed by atoms with E-state index in [1.165, 1.54) is 11.3 Å². The Balaban J connectivity index is 1.50. The summed E-state index contributed by atoms with van der Waals surface area (Å²) < 4.78 is 2.62. The fraction of sp³-hybridized carbons (Fsp3) is 0. The van der Waals surface area contributed by atoms with Crippen LogP contribution in [0.3, 0.4) is 0 Å². The van der Waals surface area contributed by atoms with Crippen LogP contribution in [0.2, 0.25) is 0 Å². The molecule has 0 saturated carbocycles. The molecule has 8 nitrogen and oxygen atoms in total. The second kappa shape index (κ2) is 5.28. The van der Waals surface area contributed by atoms with Crippen molar-refractivity contribution in [2.75, 3.05) is 11.1 Å². The average Bonchev–Trinajstić information content (AvgIpc) is 3.31. The molecule has 0 spiro atoms. The smallest absolute Gasteiger partial charge is 0.248 e. The number of nitrogens with one attached hydrogen (secondary N) is 2. The topological polar surface area (TPSA) is 110 Å². The Kier molecular flexibility index (Phi) is 2.94. The maximum Gasteiger partial charge on any atom is 0.248 e. The quantitative estimate of drug-likeness (QED) is 0.462. The molecule has 0 aliphatic carbocycles. The zero-order chi connectivity index (χ0) is 16.8. The number of benzene rings is 2. The summed E-state index contributed by atoms with van der Waals surface area (Å²) in [5, 5.41) is 16.3. The molecule has 25 heavy (non-hydrogen) atoms. The number of nitrogen functional groups attached to an aromatic ring is 1. The lowest BCUT2D eigenvalue weighted by Gasteiger charge is -2.01. The number of hydrogen-bond acceptors (Lipinski definition) is 7. The van der Waals surface area contributed by atoms with E-state index in [-0.39, 0.29) is 5.95 Å². The number of para-hydroxylation sites is 1. The molecule has 0 saturated heterocycles. The minimum absolute atomic E-state index is 0.282. The highest BCUT2D eigenvalue weighted by Gasteiger charge is 2.13. The van der Waals surface area contributed by atoms with E-state index >= 15 is 0 Å². The molecule has 0 atom stereocenters. The lowest BCUT2D eigenvalue weighted by Crippen LogP contribution is -2.01.